The summed E-state index contributed by atoms with van der Waals surface area (Å²) in [4.78, 5) is 10.6. The van der Waals surface area contributed by atoms with Crippen molar-refractivity contribution >= 4 is 5.91 Å². The summed E-state index contributed by atoms with van der Waals surface area (Å²) in [5.74, 6) is -0.379. The number of carbonyl (C=O) groups excluding carboxylic acids is 1. The second-order valence-electron chi connectivity index (χ2n) is 3.42. The number of hydrogen-bond donors (Lipinski definition) is 2. The predicted octanol–water partition coefficient (Wildman–Crippen LogP) is 1.23. The third-order valence-corrected chi connectivity index (χ3v) is 2.36. The van der Waals surface area contributed by atoms with Crippen LogP contribution in [0.25, 0.3) is 0 Å². The SMILES string of the molecule is O=C(CCOC1CCCCC1)NO. The van der Waals surface area contributed by atoms with E-state index in [0.717, 1.165) is 12.8 Å². The van der Waals surface area contributed by atoms with Crippen molar-refractivity contribution in [3.05, 3.63) is 0 Å². The molecule has 0 aromatic heterocycles. The summed E-state index contributed by atoms with van der Waals surface area (Å²) >= 11 is 0. The Morgan fingerprint density at radius 3 is 2.69 bits per heavy atom. The lowest BCUT2D eigenvalue weighted by atomic mass is 9.98. The monoisotopic (exact) mass is 187 g/mol. The van der Waals surface area contributed by atoms with E-state index < -0.39 is 0 Å². The van der Waals surface area contributed by atoms with E-state index in [2.05, 4.69) is 0 Å². The van der Waals surface area contributed by atoms with Crippen LogP contribution in [0.15, 0.2) is 0 Å². The van der Waals surface area contributed by atoms with Crippen LogP contribution < -0.4 is 5.48 Å². The molecule has 0 atom stereocenters. The topological polar surface area (TPSA) is 58.6 Å². The molecule has 76 valence electrons. The van der Waals surface area contributed by atoms with Crippen LogP contribution in [0, 0.1) is 0 Å². The molecule has 0 radical (unpaired) electrons. The third kappa shape index (κ3) is 4.24. The van der Waals surface area contributed by atoms with E-state index >= 15 is 0 Å². The van der Waals surface area contributed by atoms with E-state index in [1.807, 2.05) is 0 Å². The van der Waals surface area contributed by atoms with Crippen LogP contribution in [0.1, 0.15) is 38.5 Å². The van der Waals surface area contributed by atoms with Crippen LogP contribution in [-0.4, -0.2) is 23.8 Å². The van der Waals surface area contributed by atoms with Gasteiger partial charge in [-0.05, 0) is 12.8 Å². The van der Waals surface area contributed by atoms with Crippen molar-refractivity contribution in [1.82, 2.24) is 5.48 Å². The third-order valence-electron chi connectivity index (χ3n) is 2.36. The molecule has 0 heterocycles. The fourth-order valence-corrected chi connectivity index (χ4v) is 1.61. The van der Waals surface area contributed by atoms with Gasteiger partial charge in [-0.1, -0.05) is 19.3 Å². The molecule has 0 spiro atoms. The molecule has 1 aliphatic rings. The summed E-state index contributed by atoms with van der Waals surface area (Å²) in [5, 5.41) is 8.22. The van der Waals surface area contributed by atoms with Gasteiger partial charge in [-0.25, -0.2) is 5.48 Å². The number of ether oxygens (including phenoxy) is 1. The maximum absolute atomic E-state index is 10.6. The Morgan fingerprint density at radius 2 is 2.08 bits per heavy atom. The van der Waals surface area contributed by atoms with E-state index in [-0.39, 0.29) is 12.3 Å². The second kappa shape index (κ2) is 5.94. The molecule has 0 bridgehead atoms. The molecule has 1 rings (SSSR count). The van der Waals surface area contributed by atoms with Crippen molar-refractivity contribution in [3.63, 3.8) is 0 Å². The van der Waals surface area contributed by atoms with Crippen LogP contribution >= 0.6 is 0 Å². The number of amides is 1. The van der Waals surface area contributed by atoms with Crippen molar-refractivity contribution < 1.29 is 14.7 Å². The molecular formula is C9H17NO3. The van der Waals surface area contributed by atoms with E-state index in [4.69, 9.17) is 9.94 Å². The first-order valence-electron chi connectivity index (χ1n) is 4.87. The summed E-state index contributed by atoms with van der Waals surface area (Å²) < 4.78 is 5.48. The molecule has 4 nitrogen and oxygen atoms in total. The number of nitrogens with one attached hydrogen (secondary N) is 1. The number of rotatable bonds is 4. The van der Waals surface area contributed by atoms with Crippen LogP contribution in [0.4, 0.5) is 0 Å². The second-order valence-corrected chi connectivity index (χ2v) is 3.42. The first-order chi connectivity index (χ1) is 6.33. The lowest BCUT2D eigenvalue weighted by Gasteiger charge is -2.21. The standard InChI is InChI=1S/C9H17NO3/c11-9(10-12)6-7-13-8-4-2-1-3-5-8/h8,12H,1-7H2,(H,10,11). The molecule has 0 aromatic rings. The molecule has 13 heavy (non-hydrogen) atoms. The van der Waals surface area contributed by atoms with Gasteiger partial charge in [0, 0.05) is 0 Å². The van der Waals surface area contributed by atoms with Crippen LogP contribution in [-0.2, 0) is 9.53 Å². The number of hydrogen-bond acceptors (Lipinski definition) is 3. The minimum atomic E-state index is -0.379. The van der Waals surface area contributed by atoms with Crippen LogP contribution in [0.3, 0.4) is 0 Å². The lowest BCUT2D eigenvalue weighted by Crippen LogP contribution is -2.23. The largest absolute Gasteiger partial charge is 0.378 e. The Bertz CT molecular complexity index is 155. The van der Waals surface area contributed by atoms with Crippen LogP contribution in [0.2, 0.25) is 0 Å². The minimum absolute atomic E-state index is 0.243. The fraction of sp³-hybridized carbons (Fsp3) is 0.889. The number of hydroxylamine groups is 1. The first kappa shape index (κ1) is 10.5. The van der Waals surface area contributed by atoms with Crippen LogP contribution in [0.5, 0.6) is 0 Å². The molecular weight excluding hydrogens is 170 g/mol. The maximum atomic E-state index is 10.6. The van der Waals surface area contributed by atoms with Gasteiger partial charge in [0.15, 0.2) is 0 Å². The van der Waals surface area contributed by atoms with Gasteiger partial charge < -0.3 is 4.74 Å². The van der Waals surface area contributed by atoms with Crippen molar-refractivity contribution in [2.45, 2.75) is 44.6 Å². The molecule has 0 aliphatic heterocycles. The highest BCUT2D eigenvalue weighted by Crippen LogP contribution is 2.20. The molecule has 1 saturated carbocycles. The van der Waals surface area contributed by atoms with Gasteiger partial charge >= 0.3 is 0 Å². The highest BCUT2D eigenvalue weighted by Gasteiger charge is 2.13. The predicted molar refractivity (Wildman–Crippen MR) is 47.4 cm³/mol. The zero-order valence-electron chi connectivity index (χ0n) is 7.79. The Hall–Kier alpha value is -0.610. The average molecular weight is 187 g/mol. The van der Waals surface area contributed by atoms with Crippen molar-refractivity contribution in [1.29, 1.82) is 0 Å². The van der Waals surface area contributed by atoms with Gasteiger partial charge in [0.25, 0.3) is 0 Å². The molecule has 0 saturated heterocycles. The first-order valence-corrected chi connectivity index (χ1v) is 4.87. The van der Waals surface area contributed by atoms with Gasteiger partial charge in [0.05, 0.1) is 19.1 Å². The fourth-order valence-electron chi connectivity index (χ4n) is 1.61. The van der Waals surface area contributed by atoms with E-state index in [0.29, 0.717) is 12.7 Å². The normalized spacial score (nSPS) is 18.5. The molecule has 0 aromatic carbocycles. The maximum Gasteiger partial charge on any atom is 0.245 e. The molecule has 4 heteroatoms. The Morgan fingerprint density at radius 1 is 1.38 bits per heavy atom. The van der Waals surface area contributed by atoms with E-state index in [9.17, 15) is 4.79 Å². The van der Waals surface area contributed by atoms with Crippen molar-refractivity contribution in [3.8, 4) is 0 Å². The van der Waals surface area contributed by atoms with Crippen molar-refractivity contribution in [2.75, 3.05) is 6.61 Å². The zero-order chi connectivity index (χ0) is 9.52. The highest BCUT2D eigenvalue weighted by atomic mass is 16.5. The smallest absolute Gasteiger partial charge is 0.245 e. The van der Waals surface area contributed by atoms with Gasteiger partial charge in [-0.2, -0.15) is 0 Å². The Kier molecular flexibility index (Phi) is 4.78. The summed E-state index contributed by atoms with van der Waals surface area (Å²) in [7, 11) is 0. The van der Waals surface area contributed by atoms with Gasteiger partial charge in [-0.15, -0.1) is 0 Å². The highest BCUT2D eigenvalue weighted by molar-refractivity contribution is 5.74. The van der Waals surface area contributed by atoms with Gasteiger partial charge in [-0.3, -0.25) is 10.0 Å². The van der Waals surface area contributed by atoms with E-state index in [1.165, 1.54) is 19.3 Å². The Balaban J connectivity index is 2.01. The molecule has 1 aliphatic carbocycles. The Labute approximate surface area is 78.2 Å². The lowest BCUT2D eigenvalue weighted by molar-refractivity contribution is -0.130. The summed E-state index contributed by atoms with van der Waals surface area (Å²) in [6.07, 6.45) is 6.57. The quantitative estimate of drug-likeness (QED) is 0.514. The molecule has 2 N–H and O–H groups in total. The van der Waals surface area contributed by atoms with Crippen molar-refractivity contribution in [2.24, 2.45) is 0 Å². The molecule has 1 fully saturated rings. The number of carbonyl (C=O) groups is 1. The summed E-state index contributed by atoms with van der Waals surface area (Å²) in [5.41, 5.74) is 1.58. The van der Waals surface area contributed by atoms with E-state index in [1.54, 1.807) is 5.48 Å². The molecule has 0 unspecified atom stereocenters. The zero-order valence-corrected chi connectivity index (χ0v) is 7.79. The summed E-state index contributed by atoms with van der Waals surface area (Å²) in [6, 6.07) is 0. The average Bonchev–Trinajstić information content (AvgIpc) is 2.19. The summed E-state index contributed by atoms with van der Waals surface area (Å²) in [6.45, 7) is 0.414. The minimum Gasteiger partial charge on any atom is -0.378 e. The van der Waals surface area contributed by atoms with Gasteiger partial charge in [0.2, 0.25) is 5.91 Å². The van der Waals surface area contributed by atoms with Gasteiger partial charge in [0.1, 0.15) is 0 Å². The molecule has 1 amide bonds.